The number of piperidine rings is 1. The highest BCUT2D eigenvalue weighted by atomic mass is 32.2. The second-order valence-corrected chi connectivity index (χ2v) is 11.5. The molecule has 10 nitrogen and oxygen atoms in total. The Morgan fingerprint density at radius 2 is 1.71 bits per heavy atom. The Balaban J connectivity index is 1.38. The maximum absolute atomic E-state index is 13.5. The van der Waals surface area contributed by atoms with E-state index in [1.54, 1.807) is 25.2 Å². The van der Waals surface area contributed by atoms with Crippen molar-refractivity contribution in [1.82, 2.24) is 19.2 Å². The van der Waals surface area contributed by atoms with Crippen molar-refractivity contribution in [3.05, 3.63) is 66.4 Å². The van der Waals surface area contributed by atoms with Crippen LogP contribution in [0.1, 0.15) is 12.8 Å². The highest BCUT2D eigenvalue weighted by Crippen LogP contribution is 2.25. The molecule has 0 amide bonds. The van der Waals surface area contributed by atoms with E-state index in [0.29, 0.717) is 49.7 Å². The fourth-order valence-corrected chi connectivity index (χ4v) is 5.79. The zero-order valence-electron chi connectivity index (χ0n) is 20.4. The molecule has 14 heteroatoms. The Labute approximate surface area is 220 Å². The van der Waals surface area contributed by atoms with Gasteiger partial charge in [0.15, 0.2) is 11.6 Å². The number of hydrogen-bond donors (Lipinski definition) is 2. The normalized spacial score (nSPS) is 14.8. The van der Waals surface area contributed by atoms with Crippen molar-refractivity contribution in [3.8, 4) is 0 Å². The van der Waals surface area contributed by atoms with Crippen molar-refractivity contribution in [3.63, 3.8) is 0 Å². The quantitative estimate of drug-likeness (QED) is 0.378. The second kappa shape index (κ2) is 11.9. The van der Waals surface area contributed by atoms with Gasteiger partial charge in [-0.15, -0.1) is 0 Å². The first-order chi connectivity index (χ1) is 18.1. The standard InChI is InChI=1S/C24H26F2N6O4S2/c1-31(19-9-12-32(13-10-19)14-15-37(33)34)38(35,36)20-5-2-17(3-6-20)29-24-27-11-8-23(30-24)28-18-4-7-21(25)22(26)16-18/h2-8,11,15-16,19H,9-10,12-14H2,1H3,(H2,27,28,29,30). The first-order valence-electron chi connectivity index (χ1n) is 11.7. The number of anilines is 4. The molecule has 1 aliphatic rings. The molecule has 202 valence electrons. The number of nitrogens with one attached hydrogen (secondary N) is 2. The summed E-state index contributed by atoms with van der Waals surface area (Å²) < 4.78 is 75.8. The van der Waals surface area contributed by atoms with E-state index in [1.165, 1.54) is 34.1 Å². The number of halogens is 2. The van der Waals surface area contributed by atoms with Gasteiger partial charge in [0.1, 0.15) is 5.82 Å². The van der Waals surface area contributed by atoms with Gasteiger partial charge >= 0.3 is 0 Å². The van der Waals surface area contributed by atoms with Gasteiger partial charge in [0, 0.05) is 61.7 Å². The predicted molar refractivity (Wildman–Crippen MR) is 141 cm³/mol. The average Bonchev–Trinajstić information content (AvgIpc) is 2.90. The summed E-state index contributed by atoms with van der Waals surface area (Å²) >= 11 is 0. The lowest BCUT2D eigenvalue weighted by Gasteiger charge is -2.35. The highest BCUT2D eigenvalue weighted by molar-refractivity contribution is 7.89. The molecule has 0 spiro atoms. The summed E-state index contributed by atoms with van der Waals surface area (Å²) in [5.41, 5.74) is 0.868. The molecule has 0 bridgehead atoms. The van der Waals surface area contributed by atoms with Crippen LogP contribution in [0.15, 0.2) is 59.6 Å². The fraction of sp³-hybridized carbons (Fsp3) is 0.292. The Hall–Kier alpha value is -3.46. The molecule has 2 aromatic carbocycles. The van der Waals surface area contributed by atoms with Crippen LogP contribution in [0, 0.1) is 11.6 Å². The lowest BCUT2D eigenvalue weighted by atomic mass is 10.1. The molecule has 0 unspecified atom stereocenters. The Morgan fingerprint density at radius 1 is 1.03 bits per heavy atom. The van der Waals surface area contributed by atoms with E-state index in [0.717, 1.165) is 12.1 Å². The summed E-state index contributed by atoms with van der Waals surface area (Å²) in [5.74, 6) is -1.37. The van der Waals surface area contributed by atoms with E-state index in [-0.39, 0.29) is 16.9 Å². The van der Waals surface area contributed by atoms with Crippen LogP contribution in [-0.2, 0) is 20.3 Å². The summed E-state index contributed by atoms with van der Waals surface area (Å²) in [7, 11) is -4.40. The SMILES string of the molecule is CN(C1CCN(CC=S(=O)=O)CC1)S(=O)(=O)c1ccc(Nc2nccc(Nc3ccc(F)c(F)c3)n2)cc1. The van der Waals surface area contributed by atoms with E-state index < -0.39 is 32.0 Å². The molecule has 0 aliphatic carbocycles. The van der Waals surface area contributed by atoms with Gasteiger partial charge in [-0.25, -0.2) is 22.2 Å². The van der Waals surface area contributed by atoms with Gasteiger partial charge in [-0.05, 0) is 55.3 Å². The van der Waals surface area contributed by atoms with Crippen LogP contribution in [0.2, 0.25) is 0 Å². The van der Waals surface area contributed by atoms with Crippen LogP contribution < -0.4 is 10.6 Å². The zero-order valence-corrected chi connectivity index (χ0v) is 22.0. The van der Waals surface area contributed by atoms with Gasteiger partial charge in [-0.3, -0.25) is 4.90 Å². The maximum Gasteiger partial charge on any atom is 0.243 e. The second-order valence-electron chi connectivity index (χ2n) is 8.65. The van der Waals surface area contributed by atoms with Crippen LogP contribution in [0.4, 0.5) is 31.9 Å². The maximum atomic E-state index is 13.5. The van der Waals surface area contributed by atoms with E-state index in [9.17, 15) is 25.6 Å². The number of benzene rings is 2. The molecular formula is C24H26F2N6O4S2. The molecule has 38 heavy (non-hydrogen) atoms. The van der Waals surface area contributed by atoms with Crippen molar-refractivity contribution in [2.24, 2.45) is 0 Å². The topological polar surface area (TPSA) is 125 Å². The van der Waals surface area contributed by atoms with Gasteiger partial charge in [-0.1, -0.05) is 0 Å². The van der Waals surface area contributed by atoms with Gasteiger partial charge in [-0.2, -0.15) is 17.7 Å². The number of hydrogen-bond acceptors (Lipinski definition) is 9. The van der Waals surface area contributed by atoms with Crippen molar-refractivity contribution in [2.45, 2.75) is 23.8 Å². The molecule has 0 saturated carbocycles. The Bertz CT molecular complexity index is 1520. The fourth-order valence-electron chi connectivity index (χ4n) is 4.04. The smallest absolute Gasteiger partial charge is 0.243 e. The first-order valence-corrected chi connectivity index (χ1v) is 14.2. The van der Waals surface area contributed by atoms with Crippen LogP contribution >= 0.6 is 0 Å². The van der Waals surface area contributed by atoms with E-state index in [2.05, 4.69) is 20.6 Å². The lowest BCUT2D eigenvalue weighted by Crippen LogP contribution is -2.45. The van der Waals surface area contributed by atoms with Gasteiger partial charge in [0.25, 0.3) is 0 Å². The molecule has 2 N–H and O–H groups in total. The summed E-state index contributed by atoms with van der Waals surface area (Å²) in [6.45, 7) is 1.53. The van der Waals surface area contributed by atoms with Crippen LogP contribution in [0.5, 0.6) is 0 Å². The minimum absolute atomic E-state index is 0.137. The third-order valence-electron chi connectivity index (χ3n) is 6.18. The van der Waals surface area contributed by atoms with Crippen LogP contribution in [0.3, 0.4) is 0 Å². The molecule has 0 radical (unpaired) electrons. The molecular weight excluding hydrogens is 538 g/mol. The third-order valence-corrected chi connectivity index (χ3v) is 8.52. The first kappa shape index (κ1) is 27.6. The molecule has 0 atom stereocenters. The highest BCUT2D eigenvalue weighted by Gasteiger charge is 2.30. The van der Waals surface area contributed by atoms with E-state index >= 15 is 0 Å². The number of rotatable bonds is 9. The van der Waals surface area contributed by atoms with Crippen molar-refractivity contribution < 1.29 is 25.6 Å². The minimum atomic E-state index is -3.74. The third kappa shape index (κ3) is 6.89. The van der Waals surface area contributed by atoms with Gasteiger partial charge in [0.2, 0.25) is 26.3 Å². The molecule has 1 aliphatic heterocycles. The summed E-state index contributed by atoms with van der Waals surface area (Å²) in [6.07, 6.45) is 2.68. The summed E-state index contributed by atoms with van der Waals surface area (Å²) in [4.78, 5) is 10.5. The Kier molecular flexibility index (Phi) is 8.66. The van der Waals surface area contributed by atoms with Crippen molar-refractivity contribution in [1.29, 1.82) is 0 Å². The number of sulfonamides is 1. The molecule has 3 aromatic rings. The van der Waals surface area contributed by atoms with Crippen molar-refractivity contribution in [2.75, 3.05) is 37.3 Å². The average molecular weight is 565 g/mol. The molecule has 2 heterocycles. The van der Waals surface area contributed by atoms with E-state index in [1.807, 2.05) is 4.90 Å². The predicted octanol–water partition coefficient (Wildman–Crippen LogP) is 3.01. The zero-order chi connectivity index (χ0) is 27.3. The molecule has 1 aromatic heterocycles. The number of aromatic nitrogens is 2. The summed E-state index contributed by atoms with van der Waals surface area (Å²) in [5, 5.41) is 7.06. The monoisotopic (exact) mass is 564 g/mol. The minimum Gasteiger partial charge on any atom is -0.340 e. The molecule has 4 rings (SSSR count). The van der Waals surface area contributed by atoms with Crippen LogP contribution in [-0.4, -0.2) is 74.1 Å². The van der Waals surface area contributed by atoms with Crippen LogP contribution in [0.25, 0.3) is 0 Å². The largest absolute Gasteiger partial charge is 0.340 e. The number of likely N-dealkylation sites (tertiary alicyclic amines) is 1. The lowest BCUT2D eigenvalue weighted by molar-refractivity contribution is 0.188. The Morgan fingerprint density at radius 3 is 2.37 bits per heavy atom. The van der Waals surface area contributed by atoms with Gasteiger partial charge in [0.05, 0.1) is 4.90 Å². The molecule has 1 fully saturated rings. The van der Waals surface area contributed by atoms with E-state index in [4.69, 9.17) is 0 Å². The summed E-state index contributed by atoms with van der Waals surface area (Å²) in [6, 6.07) is 11.0. The van der Waals surface area contributed by atoms with Gasteiger partial charge < -0.3 is 10.6 Å². The molecule has 1 saturated heterocycles. The number of nitrogens with zero attached hydrogens (tertiary/aromatic N) is 4. The van der Waals surface area contributed by atoms with Crippen molar-refractivity contribution >= 4 is 48.8 Å².